The summed E-state index contributed by atoms with van der Waals surface area (Å²) in [5.74, 6) is -0.779. The molecule has 0 bridgehead atoms. The van der Waals surface area contributed by atoms with Crippen molar-refractivity contribution in [1.82, 2.24) is 4.90 Å². The summed E-state index contributed by atoms with van der Waals surface area (Å²) >= 11 is 0. The van der Waals surface area contributed by atoms with Gasteiger partial charge in [0, 0.05) is 13.0 Å². The Hall–Kier alpha value is -1.10. The SMILES string of the molecule is CN(CCC(N)=O)CC(N)=O. The first-order valence-electron chi connectivity index (χ1n) is 3.27. The number of carbonyl (C=O) groups is 2. The van der Waals surface area contributed by atoms with Gasteiger partial charge in [-0.25, -0.2) is 0 Å². The van der Waals surface area contributed by atoms with Crippen LogP contribution in [0.3, 0.4) is 0 Å². The molecule has 0 spiro atoms. The van der Waals surface area contributed by atoms with E-state index in [9.17, 15) is 9.59 Å². The lowest BCUT2D eigenvalue weighted by molar-refractivity contribution is -0.121. The Labute approximate surface area is 65.3 Å². The lowest BCUT2D eigenvalue weighted by Gasteiger charge is -2.12. The minimum atomic E-state index is -0.406. The van der Waals surface area contributed by atoms with Gasteiger partial charge in [-0.15, -0.1) is 0 Å². The molecule has 5 heteroatoms. The van der Waals surface area contributed by atoms with Crippen molar-refractivity contribution in [2.75, 3.05) is 20.1 Å². The molecular weight excluding hydrogens is 146 g/mol. The van der Waals surface area contributed by atoms with Gasteiger partial charge in [0.05, 0.1) is 6.54 Å². The Kier molecular flexibility index (Phi) is 4.21. The van der Waals surface area contributed by atoms with Gasteiger partial charge in [-0.3, -0.25) is 14.5 Å². The van der Waals surface area contributed by atoms with E-state index in [0.717, 1.165) is 0 Å². The van der Waals surface area contributed by atoms with Crippen molar-refractivity contribution in [1.29, 1.82) is 0 Å². The molecule has 0 heterocycles. The van der Waals surface area contributed by atoms with E-state index in [2.05, 4.69) is 0 Å². The second-order valence-corrected chi connectivity index (χ2v) is 2.42. The monoisotopic (exact) mass is 159 g/mol. The van der Waals surface area contributed by atoms with Gasteiger partial charge >= 0.3 is 0 Å². The summed E-state index contributed by atoms with van der Waals surface area (Å²) in [6.45, 7) is 0.631. The molecule has 11 heavy (non-hydrogen) atoms. The normalized spacial score (nSPS) is 10.0. The zero-order chi connectivity index (χ0) is 8.85. The van der Waals surface area contributed by atoms with Crippen LogP contribution in [0, 0.1) is 0 Å². The van der Waals surface area contributed by atoms with E-state index >= 15 is 0 Å². The van der Waals surface area contributed by atoms with Crippen molar-refractivity contribution < 1.29 is 9.59 Å². The van der Waals surface area contributed by atoms with E-state index in [0.29, 0.717) is 6.54 Å². The second-order valence-electron chi connectivity index (χ2n) is 2.42. The lowest BCUT2D eigenvalue weighted by atomic mass is 10.4. The van der Waals surface area contributed by atoms with E-state index in [4.69, 9.17) is 11.5 Å². The maximum Gasteiger partial charge on any atom is 0.231 e. The highest BCUT2D eigenvalue weighted by Gasteiger charge is 2.03. The maximum atomic E-state index is 10.3. The van der Waals surface area contributed by atoms with Gasteiger partial charge in [-0.1, -0.05) is 0 Å². The average molecular weight is 159 g/mol. The number of nitrogens with two attached hydrogens (primary N) is 2. The molecule has 0 atom stereocenters. The fraction of sp³-hybridized carbons (Fsp3) is 0.667. The summed E-state index contributed by atoms with van der Waals surface area (Å²) in [7, 11) is 1.70. The van der Waals surface area contributed by atoms with Crippen molar-refractivity contribution in [3.8, 4) is 0 Å². The van der Waals surface area contributed by atoms with Crippen molar-refractivity contribution in [2.45, 2.75) is 6.42 Å². The molecule has 64 valence electrons. The first-order chi connectivity index (χ1) is 5.02. The number of carbonyl (C=O) groups excluding carboxylic acids is 2. The van der Waals surface area contributed by atoms with Crippen LogP contribution in [-0.4, -0.2) is 36.9 Å². The van der Waals surface area contributed by atoms with E-state index in [1.54, 1.807) is 11.9 Å². The third-order valence-electron chi connectivity index (χ3n) is 1.17. The Morgan fingerprint density at radius 2 is 1.82 bits per heavy atom. The van der Waals surface area contributed by atoms with Gasteiger partial charge in [0.15, 0.2) is 0 Å². The number of hydrogen-bond acceptors (Lipinski definition) is 3. The Morgan fingerprint density at radius 1 is 1.27 bits per heavy atom. The summed E-state index contributed by atoms with van der Waals surface area (Å²) in [5, 5.41) is 0. The number of hydrogen-bond donors (Lipinski definition) is 2. The average Bonchev–Trinajstić information content (AvgIpc) is 1.82. The molecule has 2 amide bonds. The third kappa shape index (κ3) is 6.79. The molecule has 0 aromatic rings. The Balaban J connectivity index is 3.44. The summed E-state index contributed by atoms with van der Waals surface area (Å²) in [6, 6.07) is 0. The molecule has 4 N–H and O–H groups in total. The molecule has 0 unspecified atom stereocenters. The van der Waals surface area contributed by atoms with Crippen molar-refractivity contribution in [2.24, 2.45) is 11.5 Å². The number of rotatable bonds is 5. The zero-order valence-electron chi connectivity index (χ0n) is 6.54. The van der Waals surface area contributed by atoms with Gasteiger partial charge in [-0.2, -0.15) is 0 Å². The molecule has 0 fully saturated rings. The van der Waals surface area contributed by atoms with E-state index < -0.39 is 5.91 Å². The summed E-state index contributed by atoms with van der Waals surface area (Å²) in [6.07, 6.45) is 0.254. The van der Waals surface area contributed by atoms with Crippen LogP contribution in [0.15, 0.2) is 0 Å². The topological polar surface area (TPSA) is 89.4 Å². The van der Waals surface area contributed by atoms with Gasteiger partial charge < -0.3 is 11.5 Å². The minimum Gasteiger partial charge on any atom is -0.370 e. The van der Waals surface area contributed by atoms with Crippen LogP contribution in [0.25, 0.3) is 0 Å². The van der Waals surface area contributed by atoms with Crippen LogP contribution in [-0.2, 0) is 9.59 Å². The molecule has 5 nitrogen and oxygen atoms in total. The van der Waals surface area contributed by atoms with Crippen LogP contribution >= 0.6 is 0 Å². The molecule has 0 rings (SSSR count). The first kappa shape index (κ1) is 9.90. The molecule has 0 aromatic heterocycles. The summed E-state index contributed by atoms with van der Waals surface area (Å²) in [5.41, 5.74) is 9.79. The highest BCUT2D eigenvalue weighted by molar-refractivity contribution is 5.76. The lowest BCUT2D eigenvalue weighted by Crippen LogP contribution is -2.32. The fourth-order valence-corrected chi connectivity index (χ4v) is 0.646. The summed E-state index contributed by atoms with van der Waals surface area (Å²) < 4.78 is 0. The zero-order valence-corrected chi connectivity index (χ0v) is 6.54. The highest BCUT2D eigenvalue weighted by Crippen LogP contribution is 1.84. The molecule has 0 saturated heterocycles. The van der Waals surface area contributed by atoms with Crippen LogP contribution in [0.2, 0.25) is 0 Å². The number of primary amides is 2. The van der Waals surface area contributed by atoms with Gasteiger partial charge in [0.2, 0.25) is 11.8 Å². The number of amides is 2. The maximum absolute atomic E-state index is 10.3. The molecule has 0 aliphatic carbocycles. The Bertz CT molecular complexity index is 158. The van der Waals surface area contributed by atoms with Crippen molar-refractivity contribution >= 4 is 11.8 Å². The minimum absolute atomic E-state index is 0.160. The molecule has 0 saturated carbocycles. The second kappa shape index (κ2) is 4.68. The van der Waals surface area contributed by atoms with Gasteiger partial charge in [0.1, 0.15) is 0 Å². The molecule has 0 aromatic carbocycles. The molecule has 0 radical (unpaired) electrons. The molecule has 0 aliphatic rings. The van der Waals surface area contributed by atoms with Gasteiger partial charge in [-0.05, 0) is 7.05 Å². The summed E-state index contributed by atoms with van der Waals surface area (Å²) in [4.78, 5) is 22.2. The fourth-order valence-electron chi connectivity index (χ4n) is 0.646. The van der Waals surface area contributed by atoms with Crippen molar-refractivity contribution in [3.05, 3.63) is 0 Å². The molecular formula is C6H13N3O2. The standard InChI is InChI=1S/C6H13N3O2/c1-9(4-6(8)11)3-2-5(7)10/h2-4H2,1H3,(H2,7,10)(H2,8,11). The smallest absolute Gasteiger partial charge is 0.231 e. The largest absolute Gasteiger partial charge is 0.370 e. The van der Waals surface area contributed by atoms with E-state index in [1.807, 2.05) is 0 Å². The predicted octanol–water partition coefficient (Wildman–Crippen LogP) is -1.72. The van der Waals surface area contributed by atoms with Crippen LogP contribution < -0.4 is 11.5 Å². The van der Waals surface area contributed by atoms with Crippen LogP contribution in [0.5, 0.6) is 0 Å². The first-order valence-corrected chi connectivity index (χ1v) is 3.27. The third-order valence-corrected chi connectivity index (χ3v) is 1.17. The van der Waals surface area contributed by atoms with Gasteiger partial charge in [0.25, 0.3) is 0 Å². The number of nitrogens with zero attached hydrogens (tertiary/aromatic N) is 1. The predicted molar refractivity (Wildman–Crippen MR) is 40.5 cm³/mol. The van der Waals surface area contributed by atoms with E-state index in [-0.39, 0.29) is 18.9 Å². The Morgan fingerprint density at radius 3 is 2.18 bits per heavy atom. The van der Waals surface area contributed by atoms with Crippen molar-refractivity contribution in [3.63, 3.8) is 0 Å². The van der Waals surface area contributed by atoms with Crippen LogP contribution in [0.4, 0.5) is 0 Å². The quantitative estimate of drug-likeness (QED) is 0.500. The van der Waals surface area contributed by atoms with E-state index in [1.165, 1.54) is 0 Å². The molecule has 0 aliphatic heterocycles. The number of likely N-dealkylation sites (N-methyl/N-ethyl adjacent to an activating group) is 1. The highest BCUT2D eigenvalue weighted by atomic mass is 16.1. The van der Waals surface area contributed by atoms with Crippen LogP contribution in [0.1, 0.15) is 6.42 Å².